The van der Waals surface area contributed by atoms with Crippen LogP contribution in [0.4, 0.5) is 0 Å². The van der Waals surface area contributed by atoms with E-state index in [0.29, 0.717) is 0 Å². The number of imidazole rings is 1. The molecule has 0 aromatic carbocycles. The molecule has 1 unspecified atom stereocenters. The summed E-state index contributed by atoms with van der Waals surface area (Å²) >= 11 is 1.64. The zero-order valence-corrected chi connectivity index (χ0v) is 13.8. The summed E-state index contributed by atoms with van der Waals surface area (Å²) in [6.45, 7) is 3.92. The Balaban J connectivity index is 1.66. The highest BCUT2D eigenvalue weighted by Crippen LogP contribution is 2.35. The Morgan fingerprint density at radius 2 is 2.17 bits per heavy atom. The number of H-pyrrole nitrogens is 1. The molecule has 23 heavy (non-hydrogen) atoms. The Morgan fingerprint density at radius 3 is 2.96 bits per heavy atom. The molecule has 3 aromatic rings. The van der Waals surface area contributed by atoms with E-state index in [0.717, 1.165) is 48.1 Å². The van der Waals surface area contributed by atoms with Crippen molar-refractivity contribution in [1.82, 2.24) is 29.8 Å². The maximum absolute atomic E-state index is 4.64. The van der Waals surface area contributed by atoms with Crippen LogP contribution in [0.5, 0.6) is 0 Å². The lowest BCUT2D eigenvalue weighted by atomic mass is 10.1. The van der Waals surface area contributed by atoms with Gasteiger partial charge in [0.05, 0.1) is 22.9 Å². The van der Waals surface area contributed by atoms with E-state index in [4.69, 9.17) is 0 Å². The first-order valence-corrected chi connectivity index (χ1v) is 8.69. The molecule has 1 fully saturated rings. The Hall–Kier alpha value is -2.12. The number of nitrogens with zero attached hydrogens (tertiary/aromatic N) is 5. The van der Waals surface area contributed by atoms with Crippen molar-refractivity contribution in [3.05, 3.63) is 46.6 Å². The highest BCUT2D eigenvalue weighted by atomic mass is 32.1. The predicted molar refractivity (Wildman–Crippen MR) is 88.8 cm³/mol. The molecule has 4 heterocycles. The number of rotatable bonds is 4. The first-order chi connectivity index (χ1) is 11.3. The van der Waals surface area contributed by atoms with E-state index in [1.165, 1.54) is 6.42 Å². The predicted octanol–water partition coefficient (Wildman–Crippen LogP) is 2.97. The third kappa shape index (κ3) is 2.89. The summed E-state index contributed by atoms with van der Waals surface area (Å²) in [5.41, 5.74) is 5.91. The highest BCUT2D eigenvalue weighted by molar-refractivity contribution is 7.07. The van der Waals surface area contributed by atoms with Crippen LogP contribution in [0.25, 0.3) is 11.5 Å². The zero-order valence-electron chi connectivity index (χ0n) is 12.9. The van der Waals surface area contributed by atoms with Gasteiger partial charge in [-0.2, -0.15) is 0 Å². The molecule has 0 aliphatic carbocycles. The van der Waals surface area contributed by atoms with Gasteiger partial charge in [-0.05, 0) is 26.3 Å². The molecule has 6 nitrogen and oxygen atoms in total. The number of nitrogens with one attached hydrogen (secondary N) is 1. The van der Waals surface area contributed by atoms with E-state index in [9.17, 15) is 0 Å². The van der Waals surface area contributed by atoms with E-state index in [-0.39, 0.29) is 6.04 Å². The molecule has 0 radical (unpaired) electrons. The minimum atomic E-state index is 0.269. The number of hydrogen-bond acceptors (Lipinski definition) is 6. The van der Waals surface area contributed by atoms with Crippen LogP contribution in [0.1, 0.15) is 36.0 Å². The summed E-state index contributed by atoms with van der Waals surface area (Å²) in [6, 6.07) is 0.269. The van der Waals surface area contributed by atoms with Gasteiger partial charge in [-0.15, -0.1) is 11.3 Å². The van der Waals surface area contributed by atoms with Crippen molar-refractivity contribution in [2.75, 3.05) is 6.54 Å². The highest BCUT2D eigenvalue weighted by Gasteiger charge is 2.30. The quantitative estimate of drug-likeness (QED) is 0.798. The van der Waals surface area contributed by atoms with Crippen molar-refractivity contribution in [3.63, 3.8) is 0 Å². The third-order valence-corrected chi connectivity index (χ3v) is 4.82. The molecule has 0 bridgehead atoms. The van der Waals surface area contributed by atoms with Crippen LogP contribution in [-0.4, -0.2) is 36.4 Å². The van der Waals surface area contributed by atoms with Gasteiger partial charge in [0.25, 0.3) is 0 Å². The average molecular weight is 326 g/mol. The summed E-state index contributed by atoms with van der Waals surface area (Å²) < 4.78 is 0. The minimum Gasteiger partial charge on any atom is -0.341 e. The van der Waals surface area contributed by atoms with Crippen molar-refractivity contribution in [3.8, 4) is 11.5 Å². The first-order valence-electron chi connectivity index (χ1n) is 7.75. The molecule has 1 aliphatic heterocycles. The van der Waals surface area contributed by atoms with Crippen LogP contribution in [0, 0.1) is 6.92 Å². The van der Waals surface area contributed by atoms with Gasteiger partial charge in [0, 0.05) is 36.2 Å². The Bertz CT molecular complexity index is 781. The smallest absolute Gasteiger partial charge is 0.158 e. The molecule has 1 saturated heterocycles. The molecule has 1 aliphatic rings. The summed E-state index contributed by atoms with van der Waals surface area (Å²) in [5, 5.41) is 2.11. The first kappa shape index (κ1) is 14.5. The maximum Gasteiger partial charge on any atom is 0.158 e. The fourth-order valence-electron chi connectivity index (χ4n) is 3.16. The van der Waals surface area contributed by atoms with Crippen LogP contribution >= 0.6 is 11.3 Å². The number of likely N-dealkylation sites (tertiary alicyclic amines) is 1. The molecule has 3 aromatic heterocycles. The largest absolute Gasteiger partial charge is 0.341 e. The molecule has 1 atom stereocenters. The molecule has 118 valence electrons. The lowest BCUT2D eigenvalue weighted by Crippen LogP contribution is -2.24. The maximum atomic E-state index is 4.64. The van der Waals surface area contributed by atoms with Crippen LogP contribution < -0.4 is 0 Å². The second-order valence-corrected chi connectivity index (χ2v) is 6.53. The number of hydrogen-bond donors (Lipinski definition) is 1. The van der Waals surface area contributed by atoms with Crippen LogP contribution in [0.2, 0.25) is 0 Å². The van der Waals surface area contributed by atoms with Crippen LogP contribution in [0.3, 0.4) is 0 Å². The van der Waals surface area contributed by atoms with E-state index >= 15 is 0 Å². The summed E-state index contributed by atoms with van der Waals surface area (Å²) in [4.78, 5) is 23.7. The number of aromatic nitrogens is 5. The van der Waals surface area contributed by atoms with Crippen LogP contribution in [-0.2, 0) is 6.54 Å². The topological polar surface area (TPSA) is 70.6 Å². The molecular formula is C16H18N6S. The van der Waals surface area contributed by atoms with Gasteiger partial charge in [0.1, 0.15) is 5.69 Å². The summed E-state index contributed by atoms with van der Waals surface area (Å²) in [5.74, 6) is 0.797. The van der Waals surface area contributed by atoms with Gasteiger partial charge in [-0.3, -0.25) is 9.88 Å². The lowest BCUT2D eigenvalue weighted by molar-refractivity contribution is 0.242. The van der Waals surface area contributed by atoms with Gasteiger partial charge in [0.2, 0.25) is 0 Å². The standard InChI is InChI=1S/C16H18N6S/c1-11-7-19-16(21-11)15-14(17-4-5-18-15)13-3-2-6-22(13)8-12-9-23-10-20-12/h4-5,7,9-10,13H,2-3,6,8H2,1H3,(H,19,21). The third-order valence-electron chi connectivity index (χ3n) is 4.18. The van der Waals surface area contributed by atoms with Crippen molar-refractivity contribution < 1.29 is 0 Å². The number of thiazole rings is 1. The molecule has 4 rings (SSSR count). The monoisotopic (exact) mass is 326 g/mol. The van der Waals surface area contributed by atoms with E-state index in [1.807, 2.05) is 18.6 Å². The Morgan fingerprint density at radius 1 is 1.26 bits per heavy atom. The van der Waals surface area contributed by atoms with Gasteiger partial charge >= 0.3 is 0 Å². The second-order valence-electron chi connectivity index (χ2n) is 5.81. The van der Waals surface area contributed by atoms with Gasteiger partial charge < -0.3 is 4.98 Å². The van der Waals surface area contributed by atoms with Gasteiger partial charge in [-0.1, -0.05) is 0 Å². The fraction of sp³-hybridized carbons (Fsp3) is 0.375. The van der Waals surface area contributed by atoms with Crippen molar-refractivity contribution in [2.24, 2.45) is 0 Å². The lowest BCUT2D eigenvalue weighted by Gasteiger charge is -2.24. The summed E-state index contributed by atoms with van der Waals surface area (Å²) in [7, 11) is 0. The normalized spacial score (nSPS) is 18.6. The Kier molecular flexibility index (Phi) is 3.88. The van der Waals surface area contributed by atoms with E-state index < -0.39 is 0 Å². The molecular weight excluding hydrogens is 308 g/mol. The SMILES string of the molecule is Cc1cnc(-c2nccnc2C2CCCN2Cc2cscn2)[nH]1. The Labute approximate surface area is 138 Å². The average Bonchev–Trinajstić information content (AvgIpc) is 3.30. The van der Waals surface area contributed by atoms with Gasteiger partial charge in [-0.25, -0.2) is 15.0 Å². The van der Waals surface area contributed by atoms with Crippen molar-refractivity contribution >= 4 is 11.3 Å². The molecule has 1 N–H and O–H groups in total. The van der Waals surface area contributed by atoms with E-state index in [1.54, 1.807) is 23.7 Å². The second kappa shape index (κ2) is 6.17. The van der Waals surface area contributed by atoms with Crippen LogP contribution in [0.15, 0.2) is 29.5 Å². The summed E-state index contributed by atoms with van der Waals surface area (Å²) in [6.07, 6.45) is 7.59. The van der Waals surface area contributed by atoms with Crippen molar-refractivity contribution in [1.29, 1.82) is 0 Å². The minimum absolute atomic E-state index is 0.269. The number of aryl methyl sites for hydroxylation is 1. The van der Waals surface area contributed by atoms with Crippen molar-refractivity contribution in [2.45, 2.75) is 32.4 Å². The molecule has 0 saturated carbocycles. The molecule has 0 spiro atoms. The fourth-order valence-corrected chi connectivity index (χ4v) is 3.71. The molecule has 7 heteroatoms. The zero-order chi connectivity index (χ0) is 15.6. The number of aromatic amines is 1. The van der Waals surface area contributed by atoms with Gasteiger partial charge in [0.15, 0.2) is 5.82 Å². The molecule has 0 amide bonds. The van der Waals surface area contributed by atoms with E-state index in [2.05, 4.69) is 35.2 Å².